The van der Waals surface area contributed by atoms with Crippen LogP contribution >= 0.6 is 0 Å². The molecule has 2 heterocycles. The molecule has 1 fully saturated rings. The molecule has 2 aromatic rings. The van der Waals surface area contributed by atoms with Gasteiger partial charge < -0.3 is 10.6 Å². The average Bonchev–Trinajstić information content (AvgIpc) is 3.02. The van der Waals surface area contributed by atoms with Crippen molar-refractivity contribution in [3.63, 3.8) is 0 Å². The van der Waals surface area contributed by atoms with Gasteiger partial charge in [0, 0.05) is 12.1 Å². The van der Waals surface area contributed by atoms with E-state index >= 15 is 0 Å². The molecule has 0 radical (unpaired) electrons. The Bertz CT molecular complexity index is 692. The minimum Gasteiger partial charge on any atom is -0.326 e. The molecule has 128 valence electrons. The van der Waals surface area contributed by atoms with Gasteiger partial charge in [0.05, 0.1) is 5.69 Å². The van der Waals surface area contributed by atoms with Gasteiger partial charge >= 0.3 is 0 Å². The van der Waals surface area contributed by atoms with E-state index in [1.165, 1.54) is 0 Å². The van der Waals surface area contributed by atoms with Gasteiger partial charge in [0.1, 0.15) is 0 Å². The molecule has 1 saturated heterocycles. The summed E-state index contributed by atoms with van der Waals surface area (Å²) < 4.78 is 1.65. The fourth-order valence-electron chi connectivity index (χ4n) is 3.27. The number of tetrazole rings is 1. The van der Waals surface area contributed by atoms with Crippen molar-refractivity contribution in [2.45, 2.75) is 33.1 Å². The van der Waals surface area contributed by atoms with Crippen LogP contribution in [0.25, 0.3) is 5.69 Å². The number of nitrogens with zero attached hydrogens (tertiary/aromatic N) is 4. The average molecular weight is 328 g/mol. The van der Waals surface area contributed by atoms with Crippen LogP contribution < -0.4 is 10.6 Å². The number of hydrogen-bond acceptors (Lipinski definition) is 5. The minimum atomic E-state index is 0.0617. The Balaban J connectivity index is 1.61. The maximum atomic E-state index is 12.4. The van der Waals surface area contributed by atoms with E-state index in [1.54, 1.807) is 4.68 Å². The van der Waals surface area contributed by atoms with E-state index in [9.17, 15) is 4.79 Å². The van der Waals surface area contributed by atoms with Gasteiger partial charge in [-0.1, -0.05) is 13.0 Å². The lowest BCUT2D eigenvalue weighted by Crippen LogP contribution is -2.32. The van der Waals surface area contributed by atoms with Crippen molar-refractivity contribution in [2.75, 3.05) is 18.4 Å². The molecule has 7 nitrogen and oxygen atoms in total. The van der Waals surface area contributed by atoms with Gasteiger partial charge in [0.25, 0.3) is 0 Å². The smallest absolute Gasteiger partial charge is 0.224 e. The second-order valence-electron chi connectivity index (χ2n) is 6.51. The fourth-order valence-corrected chi connectivity index (χ4v) is 3.27. The van der Waals surface area contributed by atoms with Gasteiger partial charge in [-0.2, -0.15) is 4.68 Å². The van der Waals surface area contributed by atoms with Crippen LogP contribution in [0.15, 0.2) is 24.3 Å². The molecule has 0 saturated carbocycles. The largest absolute Gasteiger partial charge is 0.326 e. The van der Waals surface area contributed by atoms with Gasteiger partial charge in [-0.05, 0) is 73.3 Å². The number of piperidine rings is 1. The molecule has 3 rings (SSSR count). The van der Waals surface area contributed by atoms with Gasteiger partial charge in [0.2, 0.25) is 5.91 Å². The van der Waals surface area contributed by atoms with Crippen molar-refractivity contribution in [1.82, 2.24) is 25.5 Å². The third-order valence-electron chi connectivity index (χ3n) is 4.70. The first-order chi connectivity index (χ1) is 11.6. The maximum absolute atomic E-state index is 12.4. The predicted molar refractivity (Wildman–Crippen MR) is 91.9 cm³/mol. The zero-order valence-electron chi connectivity index (χ0n) is 14.2. The molecule has 0 bridgehead atoms. The Hall–Kier alpha value is -2.28. The summed E-state index contributed by atoms with van der Waals surface area (Å²) in [5, 5.41) is 17.9. The summed E-state index contributed by atoms with van der Waals surface area (Å²) in [4.78, 5) is 12.4. The lowest BCUT2D eigenvalue weighted by molar-refractivity contribution is -0.117. The van der Waals surface area contributed by atoms with E-state index in [1.807, 2.05) is 31.2 Å². The van der Waals surface area contributed by atoms with E-state index in [-0.39, 0.29) is 5.91 Å². The lowest BCUT2D eigenvalue weighted by Gasteiger charge is -2.27. The number of anilines is 1. The molecular weight excluding hydrogens is 304 g/mol. The highest BCUT2D eigenvalue weighted by Gasteiger charge is 2.22. The highest BCUT2D eigenvalue weighted by molar-refractivity contribution is 5.91. The van der Waals surface area contributed by atoms with Crippen LogP contribution in [-0.4, -0.2) is 39.2 Å². The summed E-state index contributed by atoms with van der Waals surface area (Å²) in [6, 6.07) is 7.58. The van der Waals surface area contributed by atoms with Crippen LogP contribution in [0.4, 0.5) is 5.69 Å². The quantitative estimate of drug-likeness (QED) is 0.876. The van der Waals surface area contributed by atoms with Crippen LogP contribution in [0.2, 0.25) is 0 Å². The second-order valence-corrected chi connectivity index (χ2v) is 6.51. The van der Waals surface area contributed by atoms with Crippen LogP contribution in [0.1, 0.15) is 32.0 Å². The zero-order chi connectivity index (χ0) is 16.9. The van der Waals surface area contributed by atoms with Crippen molar-refractivity contribution in [2.24, 2.45) is 11.8 Å². The maximum Gasteiger partial charge on any atom is 0.224 e. The standard InChI is InChI=1S/C17H24N6O/c1-12(14-6-8-18-9-7-14)10-17(24)19-15-4-3-5-16(11-15)23-13(2)20-21-22-23/h3-5,11-12,14,18H,6-10H2,1-2H3,(H,19,24). The monoisotopic (exact) mass is 328 g/mol. The number of carbonyl (C=O) groups excluding carboxylic acids is 1. The Labute approximate surface area is 141 Å². The molecule has 1 aliphatic heterocycles. The molecule has 1 aromatic heterocycles. The summed E-state index contributed by atoms with van der Waals surface area (Å²) in [6.07, 6.45) is 2.86. The third-order valence-corrected chi connectivity index (χ3v) is 4.70. The van der Waals surface area contributed by atoms with Crippen LogP contribution in [0.3, 0.4) is 0 Å². The van der Waals surface area contributed by atoms with Crippen LogP contribution in [0, 0.1) is 18.8 Å². The molecule has 1 atom stereocenters. The normalized spacial score (nSPS) is 16.8. The second kappa shape index (κ2) is 7.53. The van der Waals surface area contributed by atoms with E-state index in [0.29, 0.717) is 24.1 Å². The van der Waals surface area contributed by atoms with Crippen LogP contribution in [0.5, 0.6) is 0 Å². The first-order valence-corrected chi connectivity index (χ1v) is 8.49. The summed E-state index contributed by atoms with van der Waals surface area (Å²) in [5.74, 6) is 1.80. The van der Waals surface area contributed by atoms with E-state index in [2.05, 4.69) is 33.1 Å². The SMILES string of the molecule is Cc1nnnn1-c1cccc(NC(=O)CC(C)C2CCNCC2)c1. The molecule has 7 heteroatoms. The molecule has 1 amide bonds. The fraction of sp³-hybridized carbons (Fsp3) is 0.529. The number of carbonyl (C=O) groups is 1. The first-order valence-electron chi connectivity index (χ1n) is 8.49. The van der Waals surface area contributed by atoms with Crippen LogP contribution in [-0.2, 0) is 4.79 Å². The van der Waals surface area contributed by atoms with Gasteiger partial charge in [-0.15, -0.1) is 5.10 Å². The molecule has 1 aliphatic rings. The molecule has 2 N–H and O–H groups in total. The zero-order valence-corrected chi connectivity index (χ0v) is 14.2. The molecule has 24 heavy (non-hydrogen) atoms. The van der Waals surface area contributed by atoms with E-state index < -0.39 is 0 Å². The first kappa shape index (κ1) is 16.6. The van der Waals surface area contributed by atoms with Crippen molar-refractivity contribution in [1.29, 1.82) is 0 Å². The number of amides is 1. The lowest BCUT2D eigenvalue weighted by atomic mass is 9.84. The van der Waals surface area contributed by atoms with Gasteiger partial charge in [-0.25, -0.2) is 0 Å². The summed E-state index contributed by atoms with van der Waals surface area (Å²) >= 11 is 0. The number of benzene rings is 1. The molecule has 1 aromatic carbocycles. The molecule has 0 aliphatic carbocycles. The van der Waals surface area contributed by atoms with E-state index in [4.69, 9.17) is 0 Å². The number of aryl methyl sites for hydroxylation is 1. The number of hydrogen-bond donors (Lipinski definition) is 2. The highest BCUT2D eigenvalue weighted by atomic mass is 16.1. The predicted octanol–water partition coefficient (Wildman–Crippen LogP) is 1.94. The number of aromatic nitrogens is 4. The van der Waals surface area contributed by atoms with Crippen molar-refractivity contribution in [3.05, 3.63) is 30.1 Å². The van der Waals surface area contributed by atoms with E-state index in [0.717, 1.165) is 37.3 Å². The van der Waals surface area contributed by atoms with Crippen molar-refractivity contribution >= 4 is 11.6 Å². The minimum absolute atomic E-state index is 0.0617. The summed E-state index contributed by atoms with van der Waals surface area (Å²) in [6.45, 7) is 6.14. The van der Waals surface area contributed by atoms with Crippen molar-refractivity contribution < 1.29 is 4.79 Å². The third kappa shape index (κ3) is 3.97. The topological polar surface area (TPSA) is 84.7 Å². The number of rotatable bonds is 5. The summed E-state index contributed by atoms with van der Waals surface area (Å²) in [5.41, 5.74) is 1.60. The van der Waals surface area contributed by atoms with Crippen molar-refractivity contribution in [3.8, 4) is 5.69 Å². The summed E-state index contributed by atoms with van der Waals surface area (Å²) in [7, 11) is 0. The van der Waals surface area contributed by atoms with Gasteiger partial charge in [0.15, 0.2) is 5.82 Å². The highest BCUT2D eigenvalue weighted by Crippen LogP contribution is 2.25. The molecule has 0 spiro atoms. The Morgan fingerprint density at radius 2 is 2.21 bits per heavy atom. The molecule has 1 unspecified atom stereocenters. The van der Waals surface area contributed by atoms with Gasteiger partial charge in [-0.3, -0.25) is 4.79 Å². The number of nitrogens with one attached hydrogen (secondary N) is 2. The Morgan fingerprint density at radius 3 is 2.92 bits per heavy atom. The Morgan fingerprint density at radius 1 is 1.42 bits per heavy atom. The molecular formula is C17H24N6O. The Kier molecular flexibility index (Phi) is 5.20.